The Morgan fingerprint density at radius 1 is 0.208 bits per heavy atom. The van der Waals surface area contributed by atoms with Gasteiger partial charge in [-0.3, -0.25) is 0 Å². The number of benzene rings is 10. The van der Waals surface area contributed by atoms with Crippen LogP contribution in [0.2, 0.25) is 0 Å². The number of para-hydroxylation sites is 4. The van der Waals surface area contributed by atoms with E-state index in [-0.39, 0.29) is 0 Å². The minimum absolute atomic E-state index is 0.665. The quantitative estimate of drug-likeness (QED) is 0.136. The first-order valence-corrected chi connectivity index (χ1v) is 24.1. The number of furan rings is 4. The lowest BCUT2D eigenvalue weighted by Gasteiger charge is -2.25. The van der Waals surface area contributed by atoms with Gasteiger partial charge in [0, 0.05) is 88.7 Å². The molecule has 0 radical (unpaired) electrons. The first-order valence-electron chi connectivity index (χ1n) is 24.1. The molecule has 0 fully saturated rings. The number of anilines is 6. The standard InChI is InChI=1S/C66H42N2O4/c1-7-19-43(20-8-1)57-39-53-61-55-41-60(46-33-37-52(38-34-46)68(49-27-15-5-16-28-49)50-29-17-6-18-30-50)72-66(55)64-54(40-58(70-64)44-21-9-2-10-22-44)62(61)56-42-59(71-65(56)63(53)69-57)45-31-35-51(36-32-45)67(47-23-11-3-12-24-47)48-25-13-4-14-26-48/h1-42H. The molecule has 0 N–H and O–H groups in total. The maximum absolute atomic E-state index is 7.05. The molecule has 0 bridgehead atoms. The molecule has 340 valence electrons. The van der Waals surface area contributed by atoms with Gasteiger partial charge in [0.05, 0.1) is 0 Å². The maximum atomic E-state index is 7.05. The van der Waals surface area contributed by atoms with Crippen molar-refractivity contribution in [1.29, 1.82) is 0 Å². The van der Waals surface area contributed by atoms with Crippen LogP contribution in [0.4, 0.5) is 34.1 Å². The highest BCUT2D eigenvalue weighted by Crippen LogP contribution is 2.51. The molecule has 0 aliphatic carbocycles. The second-order valence-corrected chi connectivity index (χ2v) is 18.0. The van der Waals surface area contributed by atoms with Gasteiger partial charge in [0.25, 0.3) is 0 Å². The van der Waals surface area contributed by atoms with E-state index in [0.717, 1.165) is 112 Å². The van der Waals surface area contributed by atoms with Crippen molar-refractivity contribution in [2.45, 2.75) is 0 Å². The van der Waals surface area contributed by atoms with Gasteiger partial charge in [-0.25, -0.2) is 0 Å². The predicted molar refractivity (Wildman–Crippen MR) is 294 cm³/mol. The van der Waals surface area contributed by atoms with Crippen LogP contribution < -0.4 is 9.80 Å². The van der Waals surface area contributed by atoms with Crippen molar-refractivity contribution in [1.82, 2.24) is 0 Å². The average molecular weight is 927 g/mol. The number of hydrogen-bond donors (Lipinski definition) is 0. The summed E-state index contributed by atoms with van der Waals surface area (Å²) in [6.07, 6.45) is 0. The Hall–Kier alpha value is -9.78. The highest BCUT2D eigenvalue weighted by molar-refractivity contribution is 6.38. The first kappa shape index (κ1) is 41.2. The van der Waals surface area contributed by atoms with E-state index in [4.69, 9.17) is 17.7 Å². The van der Waals surface area contributed by atoms with Crippen molar-refractivity contribution in [3.8, 4) is 45.3 Å². The number of nitrogens with zero attached hydrogens (tertiary/aromatic N) is 2. The van der Waals surface area contributed by atoms with E-state index in [9.17, 15) is 0 Å². The van der Waals surface area contributed by atoms with Crippen LogP contribution in [0, 0.1) is 0 Å². The van der Waals surface area contributed by atoms with E-state index >= 15 is 0 Å². The lowest BCUT2D eigenvalue weighted by atomic mass is 9.95. The van der Waals surface area contributed by atoms with E-state index in [0.29, 0.717) is 22.3 Å². The molecule has 6 nitrogen and oxygen atoms in total. The smallest absolute Gasteiger partial charge is 0.178 e. The summed E-state index contributed by atoms with van der Waals surface area (Å²) in [6, 6.07) is 88.0. The zero-order valence-corrected chi connectivity index (χ0v) is 38.8. The highest BCUT2D eigenvalue weighted by Gasteiger charge is 2.27. The first-order chi connectivity index (χ1) is 35.7. The molecule has 0 amide bonds. The highest BCUT2D eigenvalue weighted by atomic mass is 16.4. The molecule has 4 heterocycles. The van der Waals surface area contributed by atoms with E-state index < -0.39 is 0 Å². The fourth-order valence-corrected chi connectivity index (χ4v) is 10.3. The van der Waals surface area contributed by atoms with Gasteiger partial charge in [-0.15, -0.1) is 0 Å². The molecule has 72 heavy (non-hydrogen) atoms. The van der Waals surface area contributed by atoms with Crippen molar-refractivity contribution in [3.05, 3.63) is 255 Å². The molecular weight excluding hydrogens is 885 g/mol. The van der Waals surface area contributed by atoms with Crippen molar-refractivity contribution in [2.75, 3.05) is 9.80 Å². The van der Waals surface area contributed by atoms with Crippen LogP contribution in [0.5, 0.6) is 0 Å². The molecule has 14 aromatic rings. The van der Waals surface area contributed by atoms with E-state index in [1.807, 2.05) is 60.7 Å². The van der Waals surface area contributed by atoms with Crippen molar-refractivity contribution >= 4 is 88.8 Å². The summed E-state index contributed by atoms with van der Waals surface area (Å²) in [7, 11) is 0. The van der Waals surface area contributed by atoms with Gasteiger partial charge in [-0.1, -0.05) is 133 Å². The summed E-state index contributed by atoms with van der Waals surface area (Å²) in [5.74, 6) is 2.94. The largest absolute Gasteiger partial charge is 0.452 e. The molecule has 0 spiro atoms. The summed E-state index contributed by atoms with van der Waals surface area (Å²) in [6.45, 7) is 0. The third-order valence-electron chi connectivity index (χ3n) is 13.7. The van der Waals surface area contributed by atoms with Gasteiger partial charge >= 0.3 is 0 Å². The van der Waals surface area contributed by atoms with E-state index in [2.05, 4.69) is 204 Å². The molecule has 0 aliphatic heterocycles. The molecule has 6 heteroatoms. The Balaban J connectivity index is 0.982. The Bertz CT molecular complexity index is 3860. The van der Waals surface area contributed by atoms with Gasteiger partial charge in [0.2, 0.25) is 0 Å². The summed E-state index contributed by atoms with van der Waals surface area (Å²) < 4.78 is 28.0. The third kappa shape index (κ3) is 6.96. The minimum atomic E-state index is 0.665. The maximum Gasteiger partial charge on any atom is 0.178 e. The predicted octanol–water partition coefficient (Wildman–Crippen LogP) is 19.4. The average Bonchev–Trinajstić information content (AvgIpc) is 4.29. The monoisotopic (exact) mass is 926 g/mol. The van der Waals surface area contributed by atoms with Gasteiger partial charge in [-0.2, -0.15) is 0 Å². The summed E-state index contributed by atoms with van der Waals surface area (Å²) in [5, 5.41) is 5.69. The van der Waals surface area contributed by atoms with Crippen LogP contribution in [0.3, 0.4) is 0 Å². The number of hydrogen-bond acceptors (Lipinski definition) is 6. The van der Waals surface area contributed by atoms with Crippen LogP contribution in [0.25, 0.3) is 99.9 Å². The van der Waals surface area contributed by atoms with E-state index in [1.165, 1.54) is 0 Å². The number of rotatable bonds is 10. The molecule has 0 aliphatic rings. The third-order valence-corrected chi connectivity index (χ3v) is 13.7. The van der Waals surface area contributed by atoms with E-state index in [1.54, 1.807) is 0 Å². The summed E-state index contributed by atoms with van der Waals surface area (Å²) in [5.41, 5.74) is 12.8. The zero-order valence-electron chi connectivity index (χ0n) is 38.8. The fraction of sp³-hybridized carbons (Fsp3) is 0. The van der Waals surface area contributed by atoms with Gasteiger partial charge < -0.3 is 27.5 Å². The van der Waals surface area contributed by atoms with Gasteiger partial charge in [0.1, 0.15) is 23.0 Å². The van der Waals surface area contributed by atoms with Crippen molar-refractivity contribution in [3.63, 3.8) is 0 Å². The molecule has 0 saturated heterocycles. The van der Waals surface area contributed by atoms with Crippen LogP contribution in [0.1, 0.15) is 0 Å². The van der Waals surface area contributed by atoms with Gasteiger partial charge in [0.15, 0.2) is 22.3 Å². The minimum Gasteiger partial charge on any atom is -0.452 e. The molecule has 14 rings (SSSR count). The molecular formula is C66H42N2O4. The normalized spacial score (nSPS) is 11.6. The van der Waals surface area contributed by atoms with Crippen molar-refractivity contribution in [2.24, 2.45) is 0 Å². The Kier molecular flexibility index (Phi) is 9.74. The van der Waals surface area contributed by atoms with Crippen LogP contribution >= 0.6 is 0 Å². The second-order valence-electron chi connectivity index (χ2n) is 18.0. The summed E-state index contributed by atoms with van der Waals surface area (Å²) in [4.78, 5) is 4.52. The molecule has 0 saturated carbocycles. The topological polar surface area (TPSA) is 59.0 Å². The Labute approximate surface area is 414 Å². The molecule has 0 unspecified atom stereocenters. The Morgan fingerprint density at radius 2 is 0.417 bits per heavy atom. The second kappa shape index (κ2) is 17.0. The van der Waals surface area contributed by atoms with Crippen LogP contribution in [0.15, 0.2) is 272 Å². The van der Waals surface area contributed by atoms with Crippen molar-refractivity contribution < 1.29 is 17.7 Å². The fourth-order valence-electron chi connectivity index (χ4n) is 10.3. The van der Waals surface area contributed by atoms with Gasteiger partial charge in [-0.05, 0) is 121 Å². The lowest BCUT2D eigenvalue weighted by molar-refractivity contribution is 0.598. The Morgan fingerprint density at radius 3 is 0.667 bits per heavy atom. The van der Waals surface area contributed by atoms with Crippen LogP contribution in [-0.2, 0) is 0 Å². The summed E-state index contributed by atoms with van der Waals surface area (Å²) >= 11 is 0. The molecule has 0 atom stereocenters. The zero-order chi connectivity index (χ0) is 47.5. The lowest BCUT2D eigenvalue weighted by Crippen LogP contribution is -2.09. The number of fused-ring (bicyclic) bond motifs is 11. The molecule has 4 aromatic heterocycles. The molecule has 10 aromatic carbocycles. The SMILES string of the molecule is c1ccc(-c2cc3c(o2)c2oc(-c4ccc(N(c5ccccc5)c5ccccc5)cc4)cc2c2c4cc(-c5ccccc5)oc4c4oc(-c5ccc(N(c6ccccc6)c6ccccc6)cc5)cc4c32)cc1. The van der Waals surface area contributed by atoms with Crippen LogP contribution in [-0.4, -0.2) is 0 Å².